The molecule has 19 heavy (non-hydrogen) atoms. The molecule has 108 valence electrons. The molecule has 1 aliphatic heterocycles. The van der Waals surface area contributed by atoms with E-state index in [1.165, 1.54) is 0 Å². The Labute approximate surface area is 132 Å². The molecule has 4 unspecified atom stereocenters. The maximum atomic E-state index is 12.3. The number of rotatable bonds is 0. The summed E-state index contributed by atoms with van der Waals surface area (Å²) in [6.45, 7) is 8.45. The molecule has 1 fully saturated rings. The van der Waals surface area contributed by atoms with Crippen LogP contribution in [0.15, 0.2) is 12.2 Å². The highest BCUT2D eigenvalue weighted by atomic mass is 79.9. The first-order valence-electron chi connectivity index (χ1n) is 6.81. The van der Waals surface area contributed by atoms with Crippen molar-refractivity contribution in [3.8, 4) is 0 Å². The van der Waals surface area contributed by atoms with Gasteiger partial charge in [-0.3, -0.25) is 4.79 Å². The quantitative estimate of drug-likeness (QED) is 0.451. The number of alkyl halides is 2. The Balaban J connectivity index is 2.26. The Kier molecular flexibility index (Phi) is 4.10. The Morgan fingerprint density at radius 2 is 1.95 bits per heavy atom. The molecule has 0 aromatic heterocycles. The van der Waals surface area contributed by atoms with E-state index >= 15 is 0 Å². The number of hydrogen-bond acceptors (Lipinski definition) is 2. The van der Waals surface area contributed by atoms with E-state index < -0.39 is 4.32 Å². The van der Waals surface area contributed by atoms with E-state index in [0.717, 1.165) is 19.3 Å². The summed E-state index contributed by atoms with van der Waals surface area (Å²) in [6.07, 6.45) is 6.96. The number of epoxide rings is 1. The maximum absolute atomic E-state index is 12.3. The van der Waals surface area contributed by atoms with Crippen LogP contribution in [0, 0.1) is 5.41 Å². The van der Waals surface area contributed by atoms with Crippen molar-refractivity contribution in [3.05, 3.63) is 12.2 Å². The van der Waals surface area contributed by atoms with Crippen molar-refractivity contribution in [2.75, 3.05) is 0 Å². The van der Waals surface area contributed by atoms with Gasteiger partial charge in [0.05, 0.1) is 16.0 Å². The largest absolute Gasteiger partial charge is 0.366 e. The fourth-order valence-corrected chi connectivity index (χ4v) is 3.43. The van der Waals surface area contributed by atoms with E-state index in [9.17, 15) is 4.79 Å². The molecule has 2 rings (SSSR count). The topological polar surface area (TPSA) is 29.6 Å². The summed E-state index contributed by atoms with van der Waals surface area (Å²) in [5.41, 5.74) is -0.0130. The van der Waals surface area contributed by atoms with Crippen LogP contribution in [0.4, 0.5) is 0 Å². The first-order valence-corrected chi connectivity index (χ1v) is 8.52. The number of halogens is 2. The highest BCUT2D eigenvalue weighted by Crippen LogP contribution is 2.48. The van der Waals surface area contributed by atoms with Gasteiger partial charge in [0, 0.05) is 4.83 Å². The maximum Gasteiger partial charge on any atom is 0.172 e. The number of ketones is 1. The van der Waals surface area contributed by atoms with Gasteiger partial charge in [-0.25, -0.2) is 0 Å². The van der Waals surface area contributed by atoms with Crippen molar-refractivity contribution in [1.29, 1.82) is 0 Å². The zero-order valence-corrected chi connectivity index (χ0v) is 15.2. The SMILES string of the molecule is CC1(C)C=CC(=O)C(C)(Br)C(Br)CCC2(C)OC2C1. The van der Waals surface area contributed by atoms with Crippen molar-refractivity contribution >= 4 is 37.6 Å². The highest BCUT2D eigenvalue weighted by molar-refractivity contribution is 9.12. The molecule has 0 spiro atoms. The molecular weight excluding hydrogens is 372 g/mol. The molecule has 0 aromatic carbocycles. The lowest BCUT2D eigenvalue weighted by Crippen LogP contribution is -2.37. The molecule has 1 aliphatic carbocycles. The molecule has 0 aromatic rings. The van der Waals surface area contributed by atoms with Crippen LogP contribution >= 0.6 is 31.9 Å². The molecule has 0 saturated carbocycles. The molecule has 0 radical (unpaired) electrons. The average molecular weight is 394 g/mol. The first kappa shape index (κ1) is 15.7. The lowest BCUT2D eigenvalue weighted by Gasteiger charge is -2.26. The van der Waals surface area contributed by atoms with Gasteiger partial charge < -0.3 is 4.74 Å². The molecule has 0 amide bonds. The minimum Gasteiger partial charge on any atom is -0.366 e. The molecule has 2 nitrogen and oxygen atoms in total. The number of hydrogen-bond donors (Lipinski definition) is 0. The third-order valence-corrected chi connectivity index (χ3v) is 7.33. The Morgan fingerprint density at radius 1 is 1.32 bits per heavy atom. The van der Waals surface area contributed by atoms with Crippen LogP contribution in [0.3, 0.4) is 0 Å². The molecule has 1 saturated heterocycles. The highest BCUT2D eigenvalue weighted by Gasteiger charge is 2.54. The van der Waals surface area contributed by atoms with E-state index in [1.807, 2.05) is 13.0 Å². The van der Waals surface area contributed by atoms with Gasteiger partial charge in [-0.15, -0.1) is 0 Å². The summed E-state index contributed by atoms with van der Waals surface area (Å²) in [4.78, 5) is 12.5. The fraction of sp³-hybridized carbons (Fsp3) is 0.800. The Bertz CT molecular complexity index is 414. The normalized spacial score (nSPS) is 46.3. The van der Waals surface area contributed by atoms with E-state index in [2.05, 4.69) is 52.6 Å². The average Bonchev–Trinajstić information content (AvgIpc) is 2.92. The summed E-state index contributed by atoms with van der Waals surface area (Å²) >= 11 is 7.26. The minimum atomic E-state index is -0.551. The number of fused-ring (bicyclic) bond motifs is 1. The third-order valence-electron chi connectivity index (χ3n) is 4.40. The van der Waals surface area contributed by atoms with Crippen molar-refractivity contribution in [2.45, 2.75) is 67.8 Å². The van der Waals surface area contributed by atoms with E-state index in [0.29, 0.717) is 6.10 Å². The van der Waals surface area contributed by atoms with Gasteiger partial charge in [-0.1, -0.05) is 51.8 Å². The number of allylic oxidation sites excluding steroid dienone is 2. The summed E-state index contributed by atoms with van der Waals surface area (Å²) in [5, 5.41) is 0. The van der Waals surface area contributed by atoms with Gasteiger partial charge in [0.15, 0.2) is 5.78 Å². The van der Waals surface area contributed by atoms with Crippen LogP contribution in [0.5, 0.6) is 0 Å². The van der Waals surface area contributed by atoms with Crippen LogP contribution in [-0.2, 0) is 9.53 Å². The molecule has 4 atom stereocenters. The molecule has 2 aliphatic rings. The van der Waals surface area contributed by atoms with Crippen LogP contribution in [0.2, 0.25) is 0 Å². The second-order valence-corrected chi connectivity index (χ2v) is 9.64. The minimum absolute atomic E-state index is 0.00635. The molecule has 4 heteroatoms. The van der Waals surface area contributed by atoms with Crippen LogP contribution in [0.1, 0.15) is 47.0 Å². The lowest BCUT2D eigenvalue weighted by atomic mass is 9.84. The van der Waals surface area contributed by atoms with Gasteiger partial charge in [0.2, 0.25) is 0 Å². The molecular formula is C15H22Br2O2. The Morgan fingerprint density at radius 3 is 2.58 bits per heavy atom. The van der Waals surface area contributed by atoms with Gasteiger partial charge in [0.1, 0.15) is 0 Å². The number of ether oxygens (including phenoxy) is 1. The van der Waals surface area contributed by atoms with Crippen molar-refractivity contribution in [2.24, 2.45) is 5.41 Å². The summed E-state index contributed by atoms with van der Waals surface area (Å²) in [5.74, 6) is 0.129. The third kappa shape index (κ3) is 3.33. The van der Waals surface area contributed by atoms with Crippen LogP contribution < -0.4 is 0 Å². The summed E-state index contributed by atoms with van der Waals surface area (Å²) in [7, 11) is 0. The smallest absolute Gasteiger partial charge is 0.172 e. The fourth-order valence-electron chi connectivity index (χ4n) is 2.62. The Hall–Kier alpha value is 0.330. The van der Waals surface area contributed by atoms with Crippen molar-refractivity contribution in [3.63, 3.8) is 0 Å². The van der Waals surface area contributed by atoms with Crippen LogP contribution in [-0.4, -0.2) is 26.6 Å². The predicted octanol–water partition coefficient (Wildman–Crippen LogP) is 4.40. The summed E-state index contributed by atoms with van der Waals surface area (Å²) < 4.78 is 5.35. The predicted molar refractivity (Wildman–Crippen MR) is 85.1 cm³/mol. The van der Waals surface area contributed by atoms with Gasteiger partial charge >= 0.3 is 0 Å². The standard InChI is InChI=1S/C15H22Br2O2/c1-13(2)7-6-11(18)15(4,17)10(16)5-8-14(3)12(9-13)19-14/h6-7,10,12H,5,8-9H2,1-4H3. The number of carbonyl (C=O) groups is 1. The van der Waals surface area contributed by atoms with Crippen molar-refractivity contribution in [1.82, 2.24) is 0 Å². The number of carbonyl (C=O) groups excluding carboxylic acids is 1. The van der Waals surface area contributed by atoms with Gasteiger partial charge in [0.25, 0.3) is 0 Å². The van der Waals surface area contributed by atoms with Crippen LogP contribution in [0.25, 0.3) is 0 Å². The second kappa shape index (κ2) is 4.96. The molecule has 0 bridgehead atoms. The zero-order chi connectivity index (χ0) is 14.5. The second-order valence-electron chi connectivity index (χ2n) is 6.89. The van der Waals surface area contributed by atoms with E-state index in [1.54, 1.807) is 6.08 Å². The lowest BCUT2D eigenvalue weighted by molar-refractivity contribution is -0.116. The van der Waals surface area contributed by atoms with Crippen molar-refractivity contribution < 1.29 is 9.53 Å². The monoisotopic (exact) mass is 392 g/mol. The van der Waals surface area contributed by atoms with E-state index in [4.69, 9.17) is 4.74 Å². The van der Waals surface area contributed by atoms with Gasteiger partial charge in [-0.05, 0) is 44.6 Å². The first-order chi connectivity index (χ1) is 8.57. The van der Waals surface area contributed by atoms with E-state index in [-0.39, 0.29) is 21.6 Å². The zero-order valence-electron chi connectivity index (χ0n) is 12.0. The summed E-state index contributed by atoms with van der Waals surface area (Å²) in [6, 6.07) is 0. The molecule has 1 heterocycles. The molecule has 0 N–H and O–H groups in total. The van der Waals surface area contributed by atoms with Gasteiger partial charge in [-0.2, -0.15) is 0 Å².